The molecule has 1 unspecified atom stereocenters. The zero-order valence-corrected chi connectivity index (χ0v) is 14.7. The fourth-order valence-corrected chi connectivity index (χ4v) is 3.30. The molecule has 8 heteroatoms. The molecule has 0 bridgehead atoms. The van der Waals surface area contributed by atoms with Crippen LogP contribution in [0.4, 0.5) is 13.2 Å². The molecule has 3 rings (SSSR count). The molecule has 2 aromatic rings. The average Bonchev–Trinajstić information content (AvgIpc) is 3.19. The van der Waals surface area contributed by atoms with Crippen LogP contribution in [0.15, 0.2) is 30.5 Å². The number of carbonyl (C=O) groups excluding carboxylic acids is 1. The van der Waals surface area contributed by atoms with Gasteiger partial charge in [0.05, 0.1) is 17.4 Å². The molecule has 0 radical (unpaired) electrons. The number of likely N-dealkylation sites (tertiary alicyclic amines) is 1. The predicted octanol–water partition coefficient (Wildman–Crippen LogP) is 3.01. The summed E-state index contributed by atoms with van der Waals surface area (Å²) in [6.45, 7) is 4.74. The summed E-state index contributed by atoms with van der Waals surface area (Å²) in [6.07, 6.45) is -3.03. The number of hydrogen-bond acceptors (Lipinski definition) is 3. The molecule has 1 amide bonds. The van der Waals surface area contributed by atoms with E-state index in [0.717, 1.165) is 10.9 Å². The first-order chi connectivity index (χ1) is 12.2. The first-order valence-corrected chi connectivity index (χ1v) is 8.37. The van der Waals surface area contributed by atoms with Crippen molar-refractivity contribution in [1.29, 1.82) is 0 Å². The SMILES string of the molecule is Cc1ccccc1-n1ncc(C(=O)N2CCC(C)(CN)C2)c1C(F)(F)F. The molecule has 5 nitrogen and oxygen atoms in total. The van der Waals surface area contributed by atoms with Crippen molar-refractivity contribution in [3.05, 3.63) is 47.3 Å². The molecule has 0 spiro atoms. The monoisotopic (exact) mass is 366 g/mol. The zero-order chi connectivity index (χ0) is 19.1. The Morgan fingerprint density at radius 1 is 1.35 bits per heavy atom. The number of aryl methyl sites for hydroxylation is 1. The van der Waals surface area contributed by atoms with E-state index in [1.165, 1.54) is 4.90 Å². The Hall–Kier alpha value is -2.35. The topological polar surface area (TPSA) is 64.2 Å². The molecule has 2 N–H and O–H groups in total. The number of aromatic nitrogens is 2. The van der Waals surface area contributed by atoms with E-state index in [-0.39, 0.29) is 5.41 Å². The average molecular weight is 366 g/mol. The lowest BCUT2D eigenvalue weighted by molar-refractivity contribution is -0.143. The van der Waals surface area contributed by atoms with Crippen molar-refractivity contribution in [2.24, 2.45) is 11.1 Å². The molecule has 1 saturated heterocycles. The molecule has 1 atom stereocenters. The van der Waals surface area contributed by atoms with Gasteiger partial charge in [-0.25, -0.2) is 4.68 Å². The van der Waals surface area contributed by atoms with E-state index in [0.29, 0.717) is 37.3 Å². The quantitative estimate of drug-likeness (QED) is 0.908. The molecule has 1 aromatic heterocycles. The maximum atomic E-state index is 13.8. The molecular weight excluding hydrogens is 345 g/mol. The third-order valence-electron chi connectivity index (χ3n) is 4.95. The Balaban J connectivity index is 2.04. The summed E-state index contributed by atoms with van der Waals surface area (Å²) in [5.41, 5.74) is 4.93. The molecule has 140 valence electrons. The Bertz CT molecular complexity index is 830. The fourth-order valence-electron chi connectivity index (χ4n) is 3.30. The number of carbonyl (C=O) groups is 1. The van der Waals surface area contributed by atoms with Gasteiger partial charge in [-0.2, -0.15) is 18.3 Å². The van der Waals surface area contributed by atoms with Gasteiger partial charge in [-0.15, -0.1) is 0 Å². The van der Waals surface area contributed by atoms with Crippen LogP contribution < -0.4 is 5.73 Å². The minimum Gasteiger partial charge on any atom is -0.338 e. The van der Waals surface area contributed by atoms with E-state index in [9.17, 15) is 18.0 Å². The van der Waals surface area contributed by atoms with Crippen LogP contribution in [0.1, 0.15) is 35.0 Å². The molecule has 1 fully saturated rings. The first kappa shape index (κ1) is 18.4. The fraction of sp³-hybridized carbons (Fsp3) is 0.444. The number of alkyl halides is 3. The van der Waals surface area contributed by atoms with E-state index in [2.05, 4.69) is 5.10 Å². The van der Waals surface area contributed by atoms with Gasteiger partial charge in [0.1, 0.15) is 0 Å². The molecule has 1 aliphatic heterocycles. The highest BCUT2D eigenvalue weighted by Gasteiger charge is 2.43. The van der Waals surface area contributed by atoms with Gasteiger partial charge in [-0.1, -0.05) is 25.1 Å². The Kier molecular flexibility index (Phi) is 4.56. The van der Waals surface area contributed by atoms with Crippen LogP contribution in [0, 0.1) is 12.3 Å². The van der Waals surface area contributed by atoms with Crippen molar-refractivity contribution >= 4 is 5.91 Å². The number of para-hydroxylation sites is 1. The van der Waals surface area contributed by atoms with Gasteiger partial charge in [-0.3, -0.25) is 4.79 Å². The van der Waals surface area contributed by atoms with Gasteiger partial charge in [-0.05, 0) is 36.9 Å². The van der Waals surface area contributed by atoms with Crippen LogP contribution in [0.5, 0.6) is 0 Å². The van der Waals surface area contributed by atoms with Crippen LogP contribution >= 0.6 is 0 Å². The minimum atomic E-state index is -4.71. The summed E-state index contributed by atoms with van der Waals surface area (Å²) >= 11 is 0. The molecule has 2 heterocycles. The number of rotatable bonds is 3. The summed E-state index contributed by atoms with van der Waals surface area (Å²) in [6, 6.07) is 6.62. The standard InChI is InChI=1S/C18H21F3N4O/c1-12-5-3-4-6-14(12)25-15(18(19,20)21)13(9-23-25)16(26)24-8-7-17(2,10-22)11-24/h3-6,9H,7-8,10-11,22H2,1-2H3. The van der Waals surface area contributed by atoms with Crippen LogP contribution in [-0.4, -0.2) is 40.2 Å². The summed E-state index contributed by atoms with van der Waals surface area (Å²) < 4.78 is 42.1. The number of halogens is 3. The Labute approximate surface area is 149 Å². The second-order valence-corrected chi connectivity index (χ2v) is 7.09. The maximum absolute atomic E-state index is 13.8. The van der Waals surface area contributed by atoms with E-state index in [4.69, 9.17) is 5.73 Å². The Morgan fingerprint density at radius 2 is 2.04 bits per heavy atom. The van der Waals surface area contributed by atoms with Gasteiger partial charge in [0.25, 0.3) is 5.91 Å². The van der Waals surface area contributed by atoms with Gasteiger partial charge < -0.3 is 10.6 Å². The van der Waals surface area contributed by atoms with Crippen molar-refractivity contribution < 1.29 is 18.0 Å². The second-order valence-electron chi connectivity index (χ2n) is 7.09. The van der Waals surface area contributed by atoms with E-state index in [1.807, 2.05) is 6.92 Å². The highest BCUT2D eigenvalue weighted by molar-refractivity contribution is 5.95. The summed E-state index contributed by atoms with van der Waals surface area (Å²) in [5, 5.41) is 3.89. The third-order valence-corrected chi connectivity index (χ3v) is 4.95. The number of hydrogen-bond donors (Lipinski definition) is 1. The Morgan fingerprint density at radius 3 is 2.62 bits per heavy atom. The molecule has 1 aliphatic rings. The van der Waals surface area contributed by atoms with Crippen LogP contribution in [0.25, 0.3) is 5.69 Å². The molecular formula is C18H21F3N4O. The van der Waals surface area contributed by atoms with Gasteiger partial charge >= 0.3 is 6.18 Å². The number of benzene rings is 1. The second kappa shape index (κ2) is 6.42. The van der Waals surface area contributed by atoms with Crippen LogP contribution in [-0.2, 0) is 6.18 Å². The van der Waals surface area contributed by atoms with E-state index in [1.54, 1.807) is 31.2 Å². The number of nitrogens with two attached hydrogens (primary N) is 1. The number of amides is 1. The lowest BCUT2D eigenvalue weighted by Gasteiger charge is -2.23. The maximum Gasteiger partial charge on any atom is 0.434 e. The minimum absolute atomic E-state index is 0.264. The zero-order valence-electron chi connectivity index (χ0n) is 14.7. The predicted molar refractivity (Wildman–Crippen MR) is 91.0 cm³/mol. The summed E-state index contributed by atoms with van der Waals surface area (Å²) in [5.74, 6) is -0.658. The largest absolute Gasteiger partial charge is 0.434 e. The first-order valence-electron chi connectivity index (χ1n) is 8.37. The lowest BCUT2D eigenvalue weighted by atomic mass is 9.90. The molecule has 0 aliphatic carbocycles. The van der Waals surface area contributed by atoms with E-state index >= 15 is 0 Å². The summed E-state index contributed by atoms with van der Waals surface area (Å²) in [7, 11) is 0. The van der Waals surface area contributed by atoms with Crippen molar-refractivity contribution in [2.75, 3.05) is 19.6 Å². The normalized spacial score (nSPS) is 20.6. The van der Waals surface area contributed by atoms with Gasteiger partial charge in [0.15, 0.2) is 5.69 Å². The van der Waals surface area contributed by atoms with Crippen molar-refractivity contribution in [3.63, 3.8) is 0 Å². The third kappa shape index (κ3) is 3.21. The molecule has 0 saturated carbocycles. The van der Waals surface area contributed by atoms with Gasteiger partial charge in [0, 0.05) is 13.1 Å². The summed E-state index contributed by atoms with van der Waals surface area (Å²) in [4.78, 5) is 14.2. The lowest BCUT2D eigenvalue weighted by Crippen LogP contribution is -2.35. The van der Waals surface area contributed by atoms with Crippen LogP contribution in [0.2, 0.25) is 0 Å². The molecule has 26 heavy (non-hydrogen) atoms. The molecule has 1 aromatic carbocycles. The number of nitrogens with zero attached hydrogens (tertiary/aromatic N) is 3. The smallest absolute Gasteiger partial charge is 0.338 e. The van der Waals surface area contributed by atoms with Crippen LogP contribution in [0.3, 0.4) is 0 Å². The highest BCUT2D eigenvalue weighted by atomic mass is 19.4. The van der Waals surface area contributed by atoms with Crippen molar-refractivity contribution in [3.8, 4) is 5.69 Å². The van der Waals surface area contributed by atoms with E-state index < -0.39 is 23.3 Å². The van der Waals surface area contributed by atoms with Crippen molar-refractivity contribution in [1.82, 2.24) is 14.7 Å². The van der Waals surface area contributed by atoms with Gasteiger partial charge in [0.2, 0.25) is 0 Å². The van der Waals surface area contributed by atoms with Crippen molar-refractivity contribution in [2.45, 2.75) is 26.4 Å². The highest BCUT2D eigenvalue weighted by Crippen LogP contribution is 2.36.